The molecule has 0 aromatic carbocycles. The van der Waals surface area contributed by atoms with E-state index in [1.807, 2.05) is 6.92 Å². The average Bonchev–Trinajstić information content (AvgIpc) is 2.51. The van der Waals surface area contributed by atoms with Crippen molar-refractivity contribution < 1.29 is 17.7 Å². The molecule has 14 heavy (non-hydrogen) atoms. The van der Waals surface area contributed by atoms with Gasteiger partial charge in [0.15, 0.2) is 11.5 Å². The van der Waals surface area contributed by atoms with Gasteiger partial charge in [-0.05, 0) is 6.42 Å². The Hall–Kier alpha value is -1.04. The SMILES string of the molecule is CCCC(N)c1cc(C(F)(F)F)no1. The van der Waals surface area contributed by atoms with Crippen LogP contribution in [0.3, 0.4) is 0 Å². The fourth-order valence-corrected chi connectivity index (χ4v) is 1.05. The first-order valence-electron chi connectivity index (χ1n) is 4.24. The summed E-state index contributed by atoms with van der Waals surface area (Å²) >= 11 is 0. The van der Waals surface area contributed by atoms with Gasteiger partial charge in [-0.2, -0.15) is 13.2 Å². The Morgan fingerprint density at radius 1 is 1.57 bits per heavy atom. The van der Waals surface area contributed by atoms with Crippen LogP contribution in [0.2, 0.25) is 0 Å². The average molecular weight is 208 g/mol. The zero-order valence-electron chi connectivity index (χ0n) is 7.64. The Kier molecular flexibility index (Phi) is 3.15. The van der Waals surface area contributed by atoms with E-state index in [0.717, 1.165) is 12.5 Å². The molecule has 0 saturated carbocycles. The van der Waals surface area contributed by atoms with Crippen LogP contribution in [-0.4, -0.2) is 5.16 Å². The smallest absolute Gasteiger partial charge is 0.359 e. The van der Waals surface area contributed by atoms with Crippen LogP contribution in [0, 0.1) is 0 Å². The summed E-state index contributed by atoms with van der Waals surface area (Å²) in [5.74, 6) is 0.0826. The van der Waals surface area contributed by atoms with Crippen molar-refractivity contribution >= 4 is 0 Å². The molecular formula is C8H11F3N2O. The van der Waals surface area contributed by atoms with Crippen LogP contribution < -0.4 is 5.73 Å². The molecule has 1 rings (SSSR count). The molecule has 1 aromatic heterocycles. The molecule has 3 nitrogen and oxygen atoms in total. The lowest BCUT2D eigenvalue weighted by Gasteiger charge is -2.03. The number of rotatable bonds is 3. The van der Waals surface area contributed by atoms with Crippen molar-refractivity contribution in [3.8, 4) is 0 Å². The van der Waals surface area contributed by atoms with E-state index in [1.54, 1.807) is 0 Å². The van der Waals surface area contributed by atoms with Gasteiger partial charge in [0.1, 0.15) is 0 Å². The third kappa shape index (κ3) is 2.47. The fraction of sp³-hybridized carbons (Fsp3) is 0.625. The Bertz CT molecular complexity index is 295. The monoisotopic (exact) mass is 208 g/mol. The summed E-state index contributed by atoms with van der Waals surface area (Å²) in [6.07, 6.45) is -3.11. The van der Waals surface area contributed by atoms with Crippen molar-refractivity contribution in [3.63, 3.8) is 0 Å². The molecular weight excluding hydrogens is 197 g/mol. The summed E-state index contributed by atoms with van der Waals surface area (Å²) in [6, 6.07) is 0.337. The van der Waals surface area contributed by atoms with Crippen LogP contribution in [0.5, 0.6) is 0 Å². The van der Waals surface area contributed by atoms with Crippen LogP contribution in [0.15, 0.2) is 10.6 Å². The first kappa shape index (κ1) is 11.0. The van der Waals surface area contributed by atoms with Gasteiger partial charge >= 0.3 is 6.18 Å². The molecule has 0 spiro atoms. The summed E-state index contributed by atoms with van der Waals surface area (Å²) in [6.45, 7) is 1.89. The lowest BCUT2D eigenvalue weighted by atomic mass is 10.1. The lowest BCUT2D eigenvalue weighted by molar-refractivity contribution is -0.142. The maximum absolute atomic E-state index is 12.1. The van der Waals surface area contributed by atoms with E-state index in [-0.39, 0.29) is 5.76 Å². The maximum atomic E-state index is 12.1. The van der Waals surface area contributed by atoms with Gasteiger partial charge in [0.2, 0.25) is 0 Å². The molecule has 6 heteroatoms. The highest BCUT2D eigenvalue weighted by Gasteiger charge is 2.35. The molecule has 0 aliphatic heterocycles. The minimum absolute atomic E-state index is 0.0826. The molecule has 0 amide bonds. The van der Waals surface area contributed by atoms with E-state index in [1.165, 1.54) is 0 Å². The van der Waals surface area contributed by atoms with E-state index in [0.29, 0.717) is 6.42 Å². The largest absolute Gasteiger partial charge is 0.436 e. The van der Waals surface area contributed by atoms with Crippen LogP contribution in [0.4, 0.5) is 13.2 Å². The minimum atomic E-state index is -4.46. The number of halogens is 3. The number of nitrogens with two attached hydrogens (primary N) is 1. The molecule has 1 atom stereocenters. The molecule has 0 bridgehead atoms. The summed E-state index contributed by atoms with van der Waals surface area (Å²) in [5, 5.41) is 2.91. The highest BCUT2D eigenvalue weighted by atomic mass is 19.4. The molecule has 0 fully saturated rings. The normalized spacial score (nSPS) is 14.4. The van der Waals surface area contributed by atoms with Crippen molar-refractivity contribution in [1.82, 2.24) is 5.16 Å². The summed E-state index contributed by atoms with van der Waals surface area (Å²) in [5.41, 5.74) is 4.53. The highest BCUT2D eigenvalue weighted by molar-refractivity contribution is 5.11. The first-order chi connectivity index (χ1) is 6.45. The van der Waals surface area contributed by atoms with Gasteiger partial charge in [-0.1, -0.05) is 18.5 Å². The number of alkyl halides is 3. The third-order valence-electron chi connectivity index (χ3n) is 1.78. The molecule has 0 aliphatic carbocycles. The number of aromatic nitrogens is 1. The number of nitrogens with zero attached hydrogens (tertiary/aromatic N) is 1. The van der Waals surface area contributed by atoms with Gasteiger partial charge in [0.25, 0.3) is 0 Å². The van der Waals surface area contributed by atoms with Gasteiger partial charge in [0.05, 0.1) is 6.04 Å². The molecule has 1 unspecified atom stereocenters. The van der Waals surface area contributed by atoms with Crippen LogP contribution in [0.1, 0.15) is 37.3 Å². The first-order valence-corrected chi connectivity index (χ1v) is 4.24. The second-order valence-corrected chi connectivity index (χ2v) is 3.01. The van der Waals surface area contributed by atoms with E-state index < -0.39 is 17.9 Å². The van der Waals surface area contributed by atoms with Crippen molar-refractivity contribution in [3.05, 3.63) is 17.5 Å². The standard InChI is InChI=1S/C8H11F3N2O/c1-2-3-5(12)6-4-7(13-14-6)8(9,10)11/h4-5H,2-3,12H2,1H3. The van der Waals surface area contributed by atoms with Crippen molar-refractivity contribution in [2.75, 3.05) is 0 Å². The Labute approximate surface area is 79.1 Å². The van der Waals surface area contributed by atoms with Crippen molar-refractivity contribution in [2.45, 2.75) is 32.0 Å². The van der Waals surface area contributed by atoms with Crippen molar-refractivity contribution in [1.29, 1.82) is 0 Å². The van der Waals surface area contributed by atoms with E-state index >= 15 is 0 Å². The van der Waals surface area contributed by atoms with Crippen molar-refractivity contribution in [2.24, 2.45) is 5.73 Å². The van der Waals surface area contributed by atoms with E-state index in [9.17, 15) is 13.2 Å². The Morgan fingerprint density at radius 3 is 2.64 bits per heavy atom. The predicted octanol–water partition coefficient (Wildman–Crippen LogP) is 2.49. The summed E-state index contributed by atoms with van der Waals surface area (Å²) < 4.78 is 40.8. The van der Waals surface area contributed by atoms with Gasteiger partial charge in [-0.3, -0.25) is 0 Å². The van der Waals surface area contributed by atoms with Crippen LogP contribution in [-0.2, 0) is 6.18 Å². The molecule has 0 radical (unpaired) electrons. The summed E-state index contributed by atoms with van der Waals surface area (Å²) in [7, 11) is 0. The zero-order chi connectivity index (χ0) is 10.8. The maximum Gasteiger partial charge on any atom is 0.436 e. The molecule has 2 N–H and O–H groups in total. The third-order valence-corrected chi connectivity index (χ3v) is 1.78. The predicted molar refractivity (Wildman–Crippen MR) is 43.3 cm³/mol. The Balaban J connectivity index is 2.78. The minimum Gasteiger partial charge on any atom is -0.359 e. The fourth-order valence-electron chi connectivity index (χ4n) is 1.05. The highest BCUT2D eigenvalue weighted by Crippen LogP contribution is 2.30. The number of hydrogen-bond acceptors (Lipinski definition) is 3. The lowest BCUT2D eigenvalue weighted by Crippen LogP contribution is -2.09. The van der Waals surface area contributed by atoms with E-state index in [2.05, 4.69) is 9.68 Å². The second-order valence-electron chi connectivity index (χ2n) is 3.01. The topological polar surface area (TPSA) is 52.0 Å². The van der Waals surface area contributed by atoms with Crippen LogP contribution in [0.25, 0.3) is 0 Å². The van der Waals surface area contributed by atoms with Gasteiger partial charge in [-0.15, -0.1) is 0 Å². The van der Waals surface area contributed by atoms with E-state index in [4.69, 9.17) is 5.73 Å². The molecule has 1 heterocycles. The van der Waals surface area contributed by atoms with Crippen LogP contribution >= 0.6 is 0 Å². The van der Waals surface area contributed by atoms with Gasteiger partial charge < -0.3 is 10.3 Å². The molecule has 80 valence electrons. The molecule has 0 saturated heterocycles. The second kappa shape index (κ2) is 4.00. The Morgan fingerprint density at radius 2 is 2.21 bits per heavy atom. The zero-order valence-corrected chi connectivity index (χ0v) is 7.64. The summed E-state index contributed by atoms with van der Waals surface area (Å²) in [4.78, 5) is 0. The molecule has 1 aromatic rings. The quantitative estimate of drug-likeness (QED) is 0.830. The van der Waals surface area contributed by atoms with Gasteiger partial charge in [-0.25, -0.2) is 0 Å². The molecule has 0 aliphatic rings. The van der Waals surface area contributed by atoms with Gasteiger partial charge in [0, 0.05) is 6.07 Å². The number of hydrogen-bond donors (Lipinski definition) is 1.